The average molecular weight is 473 g/mol. The molecule has 1 N–H and O–H groups in total. The molecule has 2 aromatic rings. The first kappa shape index (κ1) is 20.0. The summed E-state index contributed by atoms with van der Waals surface area (Å²) in [6.45, 7) is 4.98. The zero-order valence-electron chi connectivity index (χ0n) is 16.2. The third-order valence-corrected chi connectivity index (χ3v) is 6.80. The Bertz CT molecular complexity index is 993. The van der Waals surface area contributed by atoms with Gasteiger partial charge in [0.2, 0.25) is 11.8 Å². The van der Waals surface area contributed by atoms with E-state index in [-0.39, 0.29) is 18.2 Å². The third-order valence-electron chi connectivity index (χ3n) is 5.06. The number of benzene rings is 2. The van der Waals surface area contributed by atoms with Crippen LogP contribution in [0.2, 0.25) is 0 Å². The summed E-state index contributed by atoms with van der Waals surface area (Å²) in [4.78, 5) is 33.6. The first-order valence-electron chi connectivity index (χ1n) is 9.31. The van der Waals surface area contributed by atoms with E-state index in [1.54, 1.807) is 4.90 Å². The van der Waals surface area contributed by atoms with Crippen LogP contribution in [0.5, 0.6) is 0 Å². The highest BCUT2D eigenvalue weighted by molar-refractivity contribution is 9.10. The normalized spacial score (nSPS) is 18.5. The molecule has 0 bridgehead atoms. The summed E-state index contributed by atoms with van der Waals surface area (Å²) in [5, 5.41) is 3.16. The summed E-state index contributed by atoms with van der Waals surface area (Å²) < 4.78 is 1.00. The van der Waals surface area contributed by atoms with Gasteiger partial charge in [-0.2, -0.15) is 0 Å². The van der Waals surface area contributed by atoms with E-state index in [9.17, 15) is 9.59 Å². The van der Waals surface area contributed by atoms with Crippen molar-refractivity contribution in [2.45, 2.75) is 25.5 Å². The molecule has 1 fully saturated rings. The van der Waals surface area contributed by atoms with Gasteiger partial charge in [-0.1, -0.05) is 33.8 Å². The maximum atomic E-state index is 12.9. The maximum Gasteiger partial charge on any atom is 0.244 e. The molecule has 1 saturated heterocycles. The summed E-state index contributed by atoms with van der Waals surface area (Å²) in [5.74, 6) is -0.227. The molecule has 6 nitrogen and oxygen atoms in total. The SMILES string of the molecule is Cc1ccc(NC(=O)C[C@@H]2SC3=NCN(c4ccc(Br)cc4)CN3C2=O)cc1C. The summed E-state index contributed by atoms with van der Waals surface area (Å²) in [6.07, 6.45) is 0.129. The lowest BCUT2D eigenvalue weighted by molar-refractivity contribution is -0.128. The van der Waals surface area contributed by atoms with E-state index in [4.69, 9.17) is 0 Å². The van der Waals surface area contributed by atoms with Crippen LogP contribution in [0, 0.1) is 13.8 Å². The van der Waals surface area contributed by atoms with E-state index in [1.165, 1.54) is 17.3 Å². The van der Waals surface area contributed by atoms with Gasteiger partial charge in [-0.3, -0.25) is 14.5 Å². The highest BCUT2D eigenvalue weighted by Gasteiger charge is 2.41. The molecule has 2 aromatic carbocycles. The zero-order valence-corrected chi connectivity index (χ0v) is 18.6. The number of nitrogens with zero attached hydrogens (tertiary/aromatic N) is 3. The van der Waals surface area contributed by atoms with Crippen LogP contribution in [0.3, 0.4) is 0 Å². The second kappa shape index (κ2) is 8.20. The zero-order chi connectivity index (χ0) is 20.5. The lowest BCUT2D eigenvalue weighted by Gasteiger charge is -2.32. The minimum Gasteiger partial charge on any atom is -0.334 e. The molecular formula is C21H21BrN4O2S. The van der Waals surface area contributed by atoms with E-state index in [1.807, 2.05) is 61.2 Å². The molecule has 29 heavy (non-hydrogen) atoms. The smallest absolute Gasteiger partial charge is 0.244 e. The number of amides is 2. The Kier molecular flexibility index (Phi) is 5.65. The van der Waals surface area contributed by atoms with Crippen molar-refractivity contribution >= 4 is 56.0 Å². The summed E-state index contributed by atoms with van der Waals surface area (Å²) >= 11 is 4.81. The third kappa shape index (κ3) is 4.33. The van der Waals surface area contributed by atoms with Crippen molar-refractivity contribution in [3.63, 3.8) is 0 Å². The molecule has 8 heteroatoms. The Labute approximate surface area is 182 Å². The maximum absolute atomic E-state index is 12.9. The fourth-order valence-corrected chi connectivity index (χ4v) is 4.66. The molecule has 2 heterocycles. The lowest BCUT2D eigenvalue weighted by atomic mass is 10.1. The molecular weight excluding hydrogens is 452 g/mol. The second-order valence-electron chi connectivity index (χ2n) is 7.16. The largest absolute Gasteiger partial charge is 0.334 e. The highest BCUT2D eigenvalue weighted by atomic mass is 79.9. The summed E-state index contributed by atoms with van der Waals surface area (Å²) in [6, 6.07) is 13.7. The van der Waals surface area contributed by atoms with E-state index in [0.29, 0.717) is 18.5 Å². The molecule has 0 aromatic heterocycles. The van der Waals surface area contributed by atoms with Gasteiger partial charge in [-0.05, 0) is 61.4 Å². The first-order chi connectivity index (χ1) is 13.9. The summed E-state index contributed by atoms with van der Waals surface area (Å²) in [5.41, 5.74) is 4.05. The minimum atomic E-state index is -0.440. The van der Waals surface area contributed by atoms with Crippen molar-refractivity contribution in [2.75, 3.05) is 23.6 Å². The van der Waals surface area contributed by atoms with Crippen molar-refractivity contribution in [1.82, 2.24) is 4.90 Å². The fourth-order valence-electron chi connectivity index (χ4n) is 3.27. The van der Waals surface area contributed by atoms with Gasteiger partial charge in [0.1, 0.15) is 18.6 Å². The standard InChI is InChI=1S/C21H21BrN4O2S/c1-13-3-6-16(9-14(13)2)24-19(27)10-18-20(28)26-12-25(11-23-21(26)29-18)17-7-4-15(22)5-8-17/h3-9,18H,10-12H2,1-2H3,(H,24,27)/t18-/m0/s1. The Morgan fingerprint density at radius 1 is 1.21 bits per heavy atom. The van der Waals surface area contributed by atoms with Gasteiger partial charge < -0.3 is 10.2 Å². The van der Waals surface area contributed by atoms with Crippen molar-refractivity contribution in [3.05, 3.63) is 58.1 Å². The number of carbonyl (C=O) groups excluding carboxylic acids is 2. The van der Waals surface area contributed by atoms with Gasteiger partial charge in [0.05, 0.1) is 0 Å². The van der Waals surface area contributed by atoms with Crippen LogP contribution in [-0.2, 0) is 9.59 Å². The lowest BCUT2D eigenvalue weighted by Crippen LogP contribution is -2.46. The molecule has 0 aliphatic carbocycles. The fraction of sp³-hybridized carbons (Fsp3) is 0.286. The molecule has 2 aliphatic rings. The number of carbonyl (C=O) groups is 2. The number of aliphatic imine (C=N–C) groups is 1. The first-order valence-corrected chi connectivity index (χ1v) is 11.0. The quantitative estimate of drug-likeness (QED) is 0.726. The van der Waals surface area contributed by atoms with Gasteiger partial charge in [0, 0.05) is 22.3 Å². The molecule has 0 radical (unpaired) electrons. The van der Waals surface area contributed by atoms with Crippen LogP contribution < -0.4 is 10.2 Å². The molecule has 0 saturated carbocycles. The van der Waals surface area contributed by atoms with Crippen molar-refractivity contribution in [3.8, 4) is 0 Å². The van der Waals surface area contributed by atoms with Crippen molar-refractivity contribution < 1.29 is 9.59 Å². The number of halogens is 1. The number of amidine groups is 1. The minimum absolute atomic E-state index is 0.0641. The van der Waals surface area contributed by atoms with E-state index in [0.717, 1.165) is 21.4 Å². The van der Waals surface area contributed by atoms with E-state index < -0.39 is 5.25 Å². The number of fused-ring (bicyclic) bond motifs is 1. The number of aryl methyl sites for hydroxylation is 2. The van der Waals surface area contributed by atoms with Crippen molar-refractivity contribution in [1.29, 1.82) is 0 Å². The molecule has 2 aliphatic heterocycles. The summed E-state index contributed by atoms with van der Waals surface area (Å²) in [7, 11) is 0. The van der Waals surface area contributed by atoms with E-state index >= 15 is 0 Å². The number of rotatable bonds is 4. The topological polar surface area (TPSA) is 65.0 Å². The Balaban J connectivity index is 1.39. The molecule has 150 valence electrons. The van der Waals surface area contributed by atoms with Crippen LogP contribution in [0.1, 0.15) is 17.5 Å². The van der Waals surface area contributed by atoms with Gasteiger partial charge in [-0.25, -0.2) is 4.99 Å². The van der Waals surface area contributed by atoms with Gasteiger partial charge in [0.25, 0.3) is 0 Å². The van der Waals surface area contributed by atoms with Gasteiger partial charge >= 0.3 is 0 Å². The Morgan fingerprint density at radius 2 is 1.97 bits per heavy atom. The Morgan fingerprint density at radius 3 is 2.69 bits per heavy atom. The molecule has 0 unspecified atom stereocenters. The monoisotopic (exact) mass is 472 g/mol. The van der Waals surface area contributed by atoms with Crippen LogP contribution in [0.15, 0.2) is 51.9 Å². The Hall–Kier alpha value is -2.32. The molecule has 2 amide bonds. The highest BCUT2D eigenvalue weighted by Crippen LogP contribution is 2.33. The second-order valence-corrected chi connectivity index (χ2v) is 9.25. The number of hydrogen-bond acceptors (Lipinski definition) is 5. The number of hydrogen-bond donors (Lipinski definition) is 1. The number of anilines is 2. The van der Waals surface area contributed by atoms with Crippen LogP contribution in [0.4, 0.5) is 11.4 Å². The molecule has 0 spiro atoms. The van der Waals surface area contributed by atoms with Gasteiger partial charge in [0.15, 0.2) is 5.17 Å². The number of thioether (sulfide) groups is 1. The van der Waals surface area contributed by atoms with Crippen LogP contribution >= 0.6 is 27.7 Å². The molecule has 4 rings (SSSR count). The van der Waals surface area contributed by atoms with Crippen LogP contribution in [-0.4, -0.2) is 40.5 Å². The average Bonchev–Trinajstić information content (AvgIpc) is 3.00. The van der Waals surface area contributed by atoms with E-state index in [2.05, 4.69) is 26.2 Å². The van der Waals surface area contributed by atoms with Crippen LogP contribution in [0.25, 0.3) is 0 Å². The predicted molar refractivity (Wildman–Crippen MR) is 121 cm³/mol. The molecule has 1 atom stereocenters. The van der Waals surface area contributed by atoms with Crippen molar-refractivity contribution in [2.24, 2.45) is 4.99 Å². The predicted octanol–water partition coefficient (Wildman–Crippen LogP) is 4.13. The van der Waals surface area contributed by atoms with Gasteiger partial charge in [-0.15, -0.1) is 0 Å². The number of nitrogens with one attached hydrogen (secondary N) is 1.